The largest absolute Gasteiger partial charge is 0.386 e. The highest BCUT2D eigenvalue weighted by Gasteiger charge is 2.34. The van der Waals surface area contributed by atoms with E-state index in [1.54, 1.807) is 0 Å². The lowest BCUT2D eigenvalue weighted by molar-refractivity contribution is -0.150. The van der Waals surface area contributed by atoms with Crippen LogP contribution in [0, 0.1) is 0 Å². The van der Waals surface area contributed by atoms with Crippen molar-refractivity contribution in [3.05, 3.63) is 11.0 Å². The smallest absolute Gasteiger partial charge is 0.360 e. The number of halogens is 1. The van der Waals surface area contributed by atoms with Gasteiger partial charge in [0, 0.05) is 0 Å². The minimum absolute atomic E-state index is 0.289. The summed E-state index contributed by atoms with van der Waals surface area (Å²) < 4.78 is 35.7. The molecule has 0 amide bonds. The molecular formula is C4HFO5S. The van der Waals surface area contributed by atoms with E-state index in [-0.39, 0.29) is 6.08 Å². The molecule has 1 aliphatic heterocycles. The molecule has 5 nitrogen and oxygen atoms in total. The van der Waals surface area contributed by atoms with E-state index in [9.17, 15) is 21.9 Å². The molecule has 1 rings (SSSR count). The number of carbonyl (C=O) groups excluding carboxylic acids is 2. The van der Waals surface area contributed by atoms with Gasteiger partial charge in [-0.05, 0) is 0 Å². The van der Waals surface area contributed by atoms with E-state index in [1.807, 2.05) is 0 Å². The molecule has 0 saturated carbocycles. The summed E-state index contributed by atoms with van der Waals surface area (Å²) in [7, 11) is -5.12. The van der Waals surface area contributed by atoms with Crippen LogP contribution in [0.4, 0.5) is 3.89 Å². The SMILES string of the molecule is O=C1C=C(S(=O)(=O)F)C(=O)O1. The fourth-order valence-corrected chi connectivity index (χ4v) is 0.985. The van der Waals surface area contributed by atoms with Crippen LogP contribution >= 0.6 is 0 Å². The van der Waals surface area contributed by atoms with Crippen molar-refractivity contribution in [1.29, 1.82) is 0 Å². The van der Waals surface area contributed by atoms with Crippen LogP contribution in [0.1, 0.15) is 0 Å². The summed E-state index contributed by atoms with van der Waals surface area (Å²) in [5.41, 5.74) is 0. The van der Waals surface area contributed by atoms with Gasteiger partial charge in [-0.2, -0.15) is 8.42 Å². The molecule has 0 saturated heterocycles. The highest BCUT2D eigenvalue weighted by molar-refractivity contribution is 7.91. The van der Waals surface area contributed by atoms with Crippen LogP contribution in [0.5, 0.6) is 0 Å². The van der Waals surface area contributed by atoms with Crippen molar-refractivity contribution in [3.8, 4) is 0 Å². The number of hydrogen-bond donors (Lipinski definition) is 0. The van der Waals surface area contributed by atoms with E-state index < -0.39 is 27.1 Å². The Morgan fingerprint density at radius 2 is 1.91 bits per heavy atom. The predicted octanol–water partition coefficient (Wildman–Crippen LogP) is -0.747. The average molecular weight is 180 g/mol. The summed E-state index contributed by atoms with van der Waals surface area (Å²) in [6.45, 7) is 0. The van der Waals surface area contributed by atoms with Gasteiger partial charge in [0.05, 0.1) is 6.08 Å². The van der Waals surface area contributed by atoms with Gasteiger partial charge >= 0.3 is 22.2 Å². The number of cyclic esters (lactones) is 2. The monoisotopic (exact) mass is 180 g/mol. The van der Waals surface area contributed by atoms with E-state index in [1.165, 1.54) is 0 Å². The normalized spacial score (nSPS) is 18.1. The fourth-order valence-electron chi connectivity index (χ4n) is 0.507. The first-order valence-corrected chi connectivity index (χ1v) is 3.72. The third kappa shape index (κ3) is 1.43. The Morgan fingerprint density at radius 3 is 2.09 bits per heavy atom. The highest BCUT2D eigenvalue weighted by Crippen LogP contribution is 2.16. The van der Waals surface area contributed by atoms with Crippen molar-refractivity contribution in [2.24, 2.45) is 0 Å². The maximum absolute atomic E-state index is 12.0. The lowest BCUT2D eigenvalue weighted by Crippen LogP contribution is -2.06. The number of esters is 2. The van der Waals surface area contributed by atoms with Crippen molar-refractivity contribution < 1.29 is 26.6 Å². The number of rotatable bonds is 1. The van der Waals surface area contributed by atoms with Gasteiger partial charge in [-0.25, -0.2) is 9.59 Å². The summed E-state index contributed by atoms with van der Waals surface area (Å²) in [5.74, 6) is -2.65. The molecule has 0 unspecified atom stereocenters. The molecule has 0 aromatic heterocycles. The van der Waals surface area contributed by atoms with Crippen LogP contribution in [0.25, 0.3) is 0 Å². The topological polar surface area (TPSA) is 77.5 Å². The van der Waals surface area contributed by atoms with Gasteiger partial charge in [0.1, 0.15) is 0 Å². The van der Waals surface area contributed by atoms with Crippen molar-refractivity contribution in [2.45, 2.75) is 0 Å². The molecule has 60 valence electrons. The van der Waals surface area contributed by atoms with E-state index in [4.69, 9.17) is 0 Å². The Hall–Kier alpha value is -1.24. The third-order valence-electron chi connectivity index (χ3n) is 0.906. The first kappa shape index (κ1) is 7.86. The van der Waals surface area contributed by atoms with Crippen LogP contribution in [-0.4, -0.2) is 20.4 Å². The van der Waals surface area contributed by atoms with Crippen LogP contribution in [0.15, 0.2) is 11.0 Å². The van der Waals surface area contributed by atoms with Crippen LogP contribution < -0.4 is 0 Å². The second-order valence-corrected chi connectivity index (χ2v) is 2.97. The maximum atomic E-state index is 12.0. The zero-order valence-electron chi connectivity index (χ0n) is 4.90. The average Bonchev–Trinajstić information content (AvgIpc) is 2.08. The first-order chi connectivity index (χ1) is 4.91. The number of hydrogen-bond acceptors (Lipinski definition) is 5. The molecule has 11 heavy (non-hydrogen) atoms. The zero-order valence-corrected chi connectivity index (χ0v) is 5.72. The molecule has 0 aromatic carbocycles. The molecule has 0 N–H and O–H groups in total. The molecule has 0 aliphatic carbocycles. The number of carbonyl (C=O) groups is 2. The Labute approximate surface area is 60.7 Å². The Balaban J connectivity index is 3.18. The summed E-state index contributed by atoms with van der Waals surface area (Å²) in [6, 6.07) is 0. The summed E-state index contributed by atoms with van der Waals surface area (Å²) >= 11 is 0. The van der Waals surface area contributed by atoms with E-state index in [0.29, 0.717) is 0 Å². The lowest BCUT2D eigenvalue weighted by Gasteiger charge is -1.88. The quantitative estimate of drug-likeness (QED) is 0.301. The van der Waals surface area contributed by atoms with Gasteiger partial charge in [0.25, 0.3) is 0 Å². The molecule has 0 spiro atoms. The van der Waals surface area contributed by atoms with Gasteiger partial charge in [0.2, 0.25) is 0 Å². The van der Waals surface area contributed by atoms with E-state index >= 15 is 0 Å². The van der Waals surface area contributed by atoms with Crippen molar-refractivity contribution >= 4 is 22.2 Å². The Bertz CT molecular complexity index is 351. The fraction of sp³-hybridized carbons (Fsp3) is 0. The molecule has 7 heteroatoms. The molecule has 0 fully saturated rings. The van der Waals surface area contributed by atoms with Gasteiger partial charge in [0.15, 0.2) is 4.91 Å². The third-order valence-corrected chi connectivity index (χ3v) is 1.72. The molecule has 0 bridgehead atoms. The Morgan fingerprint density at radius 1 is 1.36 bits per heavy atom. The summed E-state index contributed by atoms with van der Waals surface area (Å²) in [4.78, 5) is 19.2. The molecule has 1 aliphatic rings. The van der Waals surface area contributed by atoms with Crippen LogP contribution in [-0.2, 0) is 24.5 Å². The van der Waals surface area contributed by atoms with E-state index in [2.05, 4.69) is 4.74 Å². The van der Waals surface area contributed by atoms with Gasteiger partial charge in [-0.1, -0.05) is 0 Å². The van der Waals surface area contributed by atoms with Crippen molar-refractivity contribution in [1.82, 2.24) is 0 Å². The highest BCUT2D eigenvalue weighted by atomic mass is 32.3. The first-order valence-electron chi connectivity index (χ1n) is 2.34. The maximum Gasteiger partial charge on any atom is 0.360 e. The van der Waals surface area contributed by atoms with Gasteiger partial charge < -0.3 is 4.74 Å². The van der Waals surface area contributed by atoms with Crippen molar-refractivity contribution in [2.75, 3.05) is 0 Å². The lowest BCUT2D eigenvalue weighted by atomic mass is 10.6. The predicted molar refractivity (Wildman–Crippen MR) is 29.2 cm³/mol. The van der Waals surface area contributed by atoms with Crippen LogP contribution in [0.3, 0.4) is 0 Å². The second kappa shape index (κ2) is 2.12. The summed E-state index contributed by atoms with van der Waals surface area (Å²) in [6.07, 6.45) is 0.289. The molecule has 1 heterocycles. The molecule has 0 aromatic rings. The van der Waals surface area contributed by atoms with Crippen molar-refractivity contribution in [3.63, 3.8) is 0 Å². The molecular weight excluding hydrogens is 179 g/mol. The van der Waals surface area contributed by atoms with Gasteiger partial charge in [-0.15, -0.1) is 3.89 Å². The zero-order chi connectivity index (χ0) is 8.65. The standard InChI is InChI=1S/C4HFO5S/c5-11(8,9)2-1-3(6)10-4(2)7/h1H. The van der Waals surface area contributed by atoms with Crippen LogP contribution in [0.2, 0.25) is 0 Å². The minimum Gasteiger partial charge on any atom is -0.386 e. The minimum atomic E-state index is -5.12. The summed E-state index contributed by atoms with van der Waals surface area (Å²) in [5, 5.41) is 0. The molecule has 0 radical (unpaired) electrons. The molecule has 0 atom stereocenters. The Kier molecular flexibility index (Phi) is 1.52. The van der Waals surface area contributed by atoms with Gasteiger partial charge in [-0.3, -0.25) is 0 Å². The number of ether oxygens (including phenoxy) is 1. The second-order valence-electron chi connectivity index (χ2n) is 1.65. The van der Waals surface area contributed by atoms with E-state index in [0.717, 1.165) is 0 Å².